The molecule has 2 heteroatoms. The molecule has 0 heterocycles. The second kappa shape index (κ2) is 5.18. The molecule has 0 aromatic heterocycles. The minimum Gasteiger partial charge on any atom is -0.307 e. The predicted molar refractivity (Wildman–Crippen MR) is 69.5 cm³/mol. The van der Waals surface area contributed by atoms with Gasteiger partial charge in [0.25, 0.3) is 0 Å². The summed E-state index contributed by atoms with van der Waals surface area (Å²) in [7, 11) is 0. The molecule has 1 aliphatic carbocycles. The van der Waals surface area contributed by atoms with Crippen molar-refractivity contribution in [3.8, 4) is 0 Å². The maximum absolute atomic E-state index is 13.5. The van der Waals surface area contributed by atoms with Gasteiger partial charge in [-0.2, -0.15) is 0 Å². The van der Waals surface area contributed by atoms with Crippen molar-refractivity contribution in [2.45, 2.75) is 52.1 Å². The number of hydrogen-bond donors (Lipinski definition) is 1. The molecule has 0 spiro atoms. The van der Waals surface area contributed by atoms with Crippen LogP contribution in [0.15, 0.2) is 18.2 Å². The lowest BCUT2D eigenvalue weighted by Crippen LogP contribution is -2.22. The Morgan fingerprint density at radius 3 is 2.88 bits per heavy atom. The molecule has 17 heavy (non-hydrogen) atoms. The van der Waals surface area contributed by atoms with Crippen molar-refractivity contribution in [1.29, 1.82) is 0 Å². The lowest BCUT2D eigenvalue weighted by Gasteiger charge is -2.15. The minimum atomic E-state index is -0.0999. The molecule has 1 saturated carbocycles. The molecule has 94 valence electrons. The second-order valence-electron chi connectivity index (χ2n) is 5.29. The van der Waals surface area contributed by atoms with Crippen LogP contribution in [0.3, 0.4) is 0 Å². The Labute approximate surface area is 103 Å². The van der Waals surface area contributed by atoms with Gasteiger partial charge >= 0.3 is 0 Å². The molecular weight excluding hydrogens is 213 g/mol. The highest BCUT2D eigenvalue weighted by atomic mass is 19.1. The zero-order valence-electron chi connectivity index (χ0n) is 11.0. The Bertz CT molecular complexity index is 389. The fourth-order valence-electron chi connectivity index (χ4n) is 2.44. The number of benzene rings is 1. The molecule has 1 aromatic carbocycles. The Morgan fingerprint density at radius 2 is 2.24 bits per heavy atom. The van der Waals surface area contributed by atoms with E-state index in [9.17, 15) is 4.39 Å². The Balaban J connectivity index is 1.91. The largest absolute Gasteiger partial charge is 0.307 e. The summed E-state index contributed by atoms with van der Waals surface area (Å²) in [6, 6.07) is 6.43. The molecule has 1 aliphatic rings. The highest BCUT2D eigenvalue weighted by molar-refractivity contribution is 5.25. The third kappa shape index (κ3) is 3.06. The van der Waals surface area contributed by atoms with E-state index in [-0.39, 0.29) is 11.9 Å². The third-order valence-electron chi connectivity index (χ3n) is 3.74. The molecule has 1 nitrogen and oxygen atoms in total. The second-order valence-corrected chi connectivity index (χ2v) is 5.29. The van der Waals surface area contributed by atoms with Gasteiger partial charge in [0.15, 0.2) is 0 Å². The van der Waals surface area contributed by atoms with Crippen molar-refractivity contribution >= 4 is 0 Å². The number of hydrogen-bond acceptors (Lipinski definition) is 1. The zero-order valence-corrected chi connectivity index (χ0v) is 11.0. The van der Waals surface area contributed by atoms with Gasteiger partial charge in [0.05, 0.1) is 0 Å². The molecule has 0 bridgehead atoms. The van der Waals surface area contributed by atoms with Crippen molar-refractivity contribution in [2.75, 3.05) is 0 Å². The molecule has 3 unspecified atom stereocenters. The van der Waals surface area contributed by atoms with Crippen LogP contribution in [0.2, 0.25) is 0 Å². The van der Waals surface area contributed by atoms with Crippen molar-refractivity contribution < 1.29 is 4.39 Å². The first-order chi connectivity index (χ1) is 8.11. The Morgan fingerprint density at radius 1 is 1.47 bits per heavy atom. The van der Waals surface area contributed by atoms with E-state index in [4.69, 9.17) is 0 Å². The molecule has 1 aromatic rings. The molecule has 0 aliphatic heterocycles. The summed E-state index contributed by atoms with van der Waals surface area (Å²) in [5, 5.41) is 3.59. The maximum atomic E-state index is 13.5. The quantitative estimate of drug-likeness (QED) is 0.814. The van der Waals surface area contributed by atoms with Crippen LogP contribution in [0.5, 0.6) is 0 Å². The highest BCUT2D eigenvalue weighted by Crippen LogP contribution is 2.36. The van der Waals surface area contributed by atoms with Crippen molar-refractivity contribution in [1.82, 2.24) is 5.32 Å². The van der Waals surface area contributed by atoms with Crippen molar-refractivity contribution in [2.24, 2.45) is 5.92 Å². The number of rotatable bonds is 5. The van der Waals surface area contributed by atoms with Gasteiger partial charge < -0.3 is 5.32 Å². The SMILES string of the molecule is CCCC1CC1NC(C)c1ccc(C)c(F)c1. The lowest BCUT2D eigenvalue weighted by molar-refractivity contribution is 0.525. The molecule has 0 amide bonds. The van der Waals surface area contributed by atoms with Crippen molar-refractivity contribution in [3.05, 3.63) is 35.1 Å². The smallest absolute Gasteiger partial charge is 0.126 e. The normalized spacial score (nSPS) is 24.7. The summed E-state index contributed by atoms with van der Waals surface area (Å²) in [6.45, 7) is 6.15. The van der Waals surface area contributed by atoms with Gasteiger partial charge in [0.1, 0.15) is 5.82 Å². The summed E-state index contributed by atoms with van der Waals surface area (Å²) >= 11 is 0. The molecule has 0 radical (unpaired) electrons. The summed E-state index contributed by atoms with van der Waals surface area (Å²) in [4.78, 5) is 0. The van der Waals surface area contributed by atoms with E-state index in [2.05, 4.69) is 19.2 Å². The standard InChI is InChI=1S/C15H22FN/c1-4-5-13-9-15(13)17-11(3)12-7-6-10(2)14(16)8-12/h6-8,11,13,15,17H,4-5,9H2,1-3H3. The first-order valence-electron chi connectivity index (χ1n) is 6.64. The van der Waals surface area contributed by atoms with E-state index in [1.54, 1.807) is 13.0 Å². The molecule has 2 rings (SSSR count). The van der Waals surface area contributed by atoms with Gasteiger partial charge in [-0.25, -0.2) is 4.39 Å². The first-order valence-corrected chi connectivity index (χ1v) is 6.64. The van der Waals surface area contributed by atoms with Gasteiger partial charge in [-0.05, 0) is 49.8 Å². The van der Waals surface area contributed by atoms with Crippen LogP contribution >= 0.6 is 0 Å². The highest BCUT2D eigenvalue weighted by Gasteiger charge is 2.36. The van der Waals surface area contributed by atoms with Crippen LogP contribution in [0.1, 0.15) is 50.3 Å². The van der Waals surface area contributed by atoms with Crippen LogP contribution in [0.4, 0.5) is 4.39 Å². The van der Waals surface area contributed by atoms with E-state index in [0.717, 1.165) is 17.0 Å². The molecule has 1 N–H and O–H groups in total. The predicted octanol–water partition coefficient (Wildman–Crippen LogP) is 3.97. The summed E-state index contributed by atoms with van der Waals surface area (Å²) in [5.74, 6) is 0.745. The summed E-state index contributed by atoms with van der Waals surface area (Å²) < 4.78 is 13.5. The fourth-order valence-corrected chi connectivity index (χ4v) is 2.44. The molecule has 1 fully saturated rings. The van der Waals surface area contributed by atoms with Gasteiger partial charge in [-0.3, -0.25) is 0 Å². The number of halogens is 1. The minimum absolute atomic E-state index is 0.0999. The molecular formula is C15H22FN. The van der Waals surface area contributed by atoms with Gasteiger partial charge in [-0.1, -0.05) is 25.5 Å². The monoisotopic (exact) mass is 235 g/mol. The van der Waals surface area contributed by atoms with Gasteiger partial charge in [-0.15, -0.1) is 0 Å². The van der Waals surface area contributed by atoms with E-state index in [1.807, 2.05) is 12.1 Å². The Kier molecular flexibility index (Phi) is 3.82. The van der Waals surface area contributed by atoms with Crippen molar-refractivity contribution in [3.63, 3.8) is 0 Å². The van der Waals surface area contributed by atoms with Crippen LogP contribution in [0.25, 0.3) is 0 Å². The average Bonchev–Trinajstić information content (AvgIpc) is 3.01. The Hall–Kier alpha value is -0.890. The van der Waals surface area contributed by atoms with Crippen LogP contribution in [0, 0.1) is 18.7 Å². The first kappa shape index (κ1) is 12.6. The third-order valence-corrected chi connectivity index (χ3v) is 3.74. The fraction of sp³-hybridized carbons (Fsp3) is 0.600. The van der Waals surface area contributed by atoms with E-state index < -0.39 is 0 Å². The maximum Gasteiger partial charge on any atom is 0.126 e. The summed E-state index contributed by atoms with van der Waals surface area (Å²) in [5.41, 5.74) is 1.77. The number of aryl methyl sites for hydroxylation is 1. The van der Waals surface area contributed by atoms with Gasteiger partial charge in [0.2, 0.25) is 0 Å². The lowest BCUT2D eigenvalue weighted by atomic mass is 10.1. The summed E-state index contributed by atoms with van der Waals surface area (Å²) in [6.07, 6.45) is 3.86. The molecule has 3 atom stereocenters. The van der Waals surface area contributed by atoms with Gasteiger partial charge in [0, 0.05) is 12.1 Å². The van der Waals surface area contributed by atoms with E-state index >= 15 is 0 Å². The topological polar surface area (TPSA) is 12.0 Å². The number of nitrogens with one attached hydrogen (secondary N) is 1. The van der Waals surface area contributed by atoms with E-state index in [0.29, 0.717) is 6.04 Å². The van der Waals surface area contributed by atoms with Crippen LogP contribution in [-0.4, -0.2) is 6.04 Å². The van der Waals surface area contributed by atoms with E-state index in [1.165, 1.54) is 19.3 Å². The zero-order chi connectivity index (χ0) is 12.4. The van der Waals surface area contributed by atoms with Crippen LogP contribution < -0.4 is 5.32 Å². The average molecular weight is 235 g/mol. The molecule has 0 saturated heterocycles. The van der Waals surface area contributed by atoms with Crippen LogP contribution in [-0.2, 0) is 0 Å².